The minimum absolute atomic E-state index is 0.106. The number of Topliss-reactive ketones (excluding diaryl/α,β-unsaturated/α-hetero) is 1. The van der Waals surface area contributed by atoms with Crippen molar-refractivity contribution in [2.75, 3.05) is 13.7 Å². The first kappa shape index (κ1) is 15.1. The largest absolute Gasteiger partial charge is 0.481 e. The highest BCUT2D eigenvalue weighted by molar-refractivity contribution is 5.97. The number of carbonyl (C=O) groups excluding carboxylic acids is 2. The summed E-state index contributed by atoms with van der Waals surface area (Å²) in [5.41, 5.74) is 0.474. The molecule has 1 aromatic heterocycles. The van der Waals surface area contributed by atoms with Crippen LogP contribution in [0.1, 0.15) is 43.0 Å². The van der Waals surface area contributed by atoms with Crippen molar-refractivity contribution >= 4 is 11.8 Å². The molecule has 0 radical (unpaired) electrons. The van der Waals surface area contributed by atoms with Crippen molar-refractivity contribution in [3.05, 3.63) is 23.9 Å². The number of carbonyl (C=O) groups is 2. The first-order chi connectivity index (χ1) is 9.17. The van der Waals surface area contributed by atoms with E-state index in [4.69, 9.17) is 9.47 Å². The van der Waals surface area contributed by atoms with E-state index < -0.39 is 0 Å². The van der Waals surface area contributed by atoms with Crippen molar-refractivity contribution in [3.63, 3.8) is 0 Å². The van der Waals surface area contributed by atoms with Gasteiger partial charge in [0.2, 0.25) is 5.88 Å². The topological polar surface area (TPSA) is 65.5 Å². The van der Waals surface area contributed by atoms with Crippen LogP contribution in [0.3, 0.4) is 0 Å². The van der Waals surface area contributed by atoms with Crippen molar-refractivity contribution in [2.24, 2.45) is 0 Å². The summed E-state index contributed by atoms with van der Waals surface area (Å²) in [5, 5.41) is 0. The number of unbranched alkanes of at least 4 members (excludes halogenated alkanes) is 1. The van der Waals surface area contributed by atoms with Crippen molar-refractivity contribution in [2.45, 2.75) is 32.6 Å². The van der Waals surface area contributed by atoms with Crippen LogP contribution in [0, 0.1) is 0 Å². The van der Waals surface area contributed by atoms with Gasteiger partial charge in [0.15, 0.2) is 5.78 Å². The van der Waals surface area contributed by atoms with E-state index in [9.17, 15) is 9.59 Å². The number of hydrogen-bond donors (Lipinski definition) is 0. The van der Waals surface area contributed by atoms with Crippen molar-refractivity contribution < 1.29 is 19.1 Å². The van der Waals surface area contributed by atoms with Gasteiger partial charge in [0, 0.05) is 24.2 Å². The molecule has 0 aliphatic carbocycles. The quantitative estimate of drug-likeness (QED) is 0.410. The van der Waals surface area contributed by atoms with Crippen LogP contribution >= 0.6 is 0 Å². The lowest BCUT2D eigenvalue weighted by molar-refractivity contribution is -0.143. The number of hydrogen-bond acceptors (Lipinski definition) is 5. The lowest BCUT2D eigenvalue weighted by Crippen LogP contribution is -2.09. The lowest BCUT2D eigenvalue weighted by Gasteiger charge is -2.04. The van der Waals surface area contributed by atoms with Gasteiger partial charge in [-0.25, -0.2) is 4.98 Å². The number of ketones is 1. The Hall–Kier alpha value is -1.91. The summed E-state index contributed by atoms with van der Waals surface area (Å²) in [6.07, 6.45) is 3.52. The molecule has 1 rings (SSSR count). The fourth-order valence-electron chi connectivity index (χ4n) is 1.43. The molecule has 0 unspecified atom stereocenters. The van der Waals surface area contributed by atoms with Crippen LogP contribution in [-0.2, 0) is 9.53 Å². The fourth-order valence-corrected chi connectivity index (χ4v) is 1.43. The fraction of sp³-hybridized carbons (Fsp3) is 0.500. The Labute approximate surface area is 112 Å². The number of ether oxygens (including phenoxy) is 2. The van der Waals surface area contributed by atoms with Gasteiger partial charge in [-0.3, -0.25) is 9.59 Å². The monoisotopic (exact) mass is 265 g/mol. The zero-order valence-electron chi connectivity index (χ0n) is 11.3. The number of nitrogens with zero attached hydrogens (tertiary/aromatic N) is 1. The van der Waals surface area contributed by atoms with Gasteiger partial charge >= 0.3 is 5.97 Å². The van der Waals surface area contributed by atoms with Crippen LogP contribution in [0.15, 0.2) is 18.3 Å². The van der Waals surface area contributed by atoms with Crippen LogP contribution in [0.25, 0.3) is 0 Å². The number of aromatic nitrogens is 1. The molecule has 0 amide bonds. The molecule has 0 fully saturated rings. The molecule has 0 aliphatic rings. The zero-order chi connectivity index (χ0) is 14.1. The second kappa shape index (κ2) is 8.24. The number of esters is 1. The Kier molecular flexibility index (Phi) is 6.57. The number of pyridine rings is 1. The van der Waals surface area contributed by atoms with Crippen LogP contribution in [0.5, 0.6) is 5.88 Å². The Balaban J connectivity index is 2.35. The predicted molar refractivity (Wildman–Crippen MR) is 70.2 cm³/mol. The van der Waals surface area contributed by atoms with Crippen LogP contribution < -0.4 is 4.74 Å². The van der Waals surface area contributed by atoms with Crippen molar-refractivity contribution in [1.29, 1.82) is 0 Å². The molecular formula is C14H19NO4. The summed E-state index contributed by atoms with van der Waals surface area (Å²) in [6, 6.07) is 3.25. The van der Waals surface area contributed by atoms with Gasteiger partial charge < -0.3 is 9.47 Å². The SMILES string of the molecule is CCCCOC(=O)CCC(=O)c1ccc(OC)nc1. The summed E-state index contributed by atoms with van der Waals surface area (Å²) in [7, 11) is 1.51. The molecule has 1 heterocycles. The standard InChI is InChI=1S/C14H19NO4/c1-3-4-9-19-14(17)8-6-12(16)11-5-7-13(18-2)15-10-11/h5,7,10H,3-4,6,8-9H2,1-2H3. The van der Waals surface area contributed by atoms with E-state index in [2.05, 4.69) is 4.98 Å². The van der Waals surface area contributed by atoms with Crippen LogP contribution in [0.4, 0.5) is 0 Å². The average Bonchev–Trinajstić information content (AvgIpc) is 2.45. The normalized spacial score (nSPS) is 10.0. The third-order valence-electron chi connectivity index (χ3n) is 2.58. The predicted octanol–water partition coefficient (Wildman–Crippen LogP) is 2.40. The van der Waals surface area contributed by atoms with Crippen LogP contribution in [0.2, 0.25) is 0 Å². The Morgan fingerprint density at radius 1 is 1.26 bits per heavy atom. The molecule has 0 aromatic carbocycles. The number of rotatable bonds is 8. The smallest absolute Gasteiger partial charge is 0.306 e. The maximum absolute atomic E-state index is 11.8. The van der Waals surface area contributed by atoms with Crippen molar-refractivity contribution in [3.8, 4) is 5.88 Å². The highest BCUT2D eigenvalue weighted by atomic mass is 16.5. The van der Waals surface area contributed by atoms with Gasteiger partial charge in [-0.1, -0.05) is 13.3 Å². The second-order valence-corrected chi connectivity index (χ2v) is 4.09. The Morgan fingerprint density at radius 2 is 2.05 bits per heavy atom. The molecule has 0 atom stereocenters. The molecule has 0 bridgehead atoms. The van der Waals surface area contributed by atoms with E-state index in [0.717, 1.165) is 12.8 Å². The third-order valence-corrected chi connectivity index (χ3v) is 2.58. The van der Waals surface area contributed by atoms with Crippen molar-refractivity contribution in [1.82, 2.24) is 4.98 Å². The molecule has 0 saturated heterocycles. The minimum Gasteiger partial charge on any atom is -0.481 e. The van der Waals surface area contributed by atoms with E-state index in [1.165, 1.54) is 13.3 Å². The molecule has 5 nitrogen and oxygen atoms in total. The van der Waals surface area contributed by atoms with Crippen LogP contribution in [-0.4, -0.2) is 30.5 Å². The minimum atomic E-state index is -0.330. The van der Waals surface area contributed by atoms with Gasteiger partial charge in [-0.2, -0.15) is 0 Å². The average molecular weight is 265 g/mol. The molecule has 104 valence electrons. The summed E-state index contributed by atoms with van der Waals surface area (Å²) in [6.45, 7) is 2.45. The summed E-state index contributed by atoms with van der Waals surface area (Å²) in [5.74, 6) is 0.00129. The third kappa shape index (κ3) is 5.50. The van der Waals surface area contributed by atoms with E-state index in [1.807, 2.05) is 6.92 Å². The number of methoxy groups -OCH3 is 1. The molecular weight excluding hydrogens is 246 g/mol. The first-order valence-corrected chi connectivity index (χ1v) is 6.36. The van der Waals surface area contributed by atoms with Gasteiger partial charge in [-0.15, -0.1) is 0 Å². The second-order valence-electron chi connectivity index (χ2n) is 4.09. The Morgan fingerprint density at radius 3 is 2.63 bits per heavy atom. The molecule has 19 heavy (non-hydrogen) atoms. The zero-order valence-corrected chi connectivity index (χ0v) is 11.3. The highest BCUT2D eigenvalue weighted by Crippen LogP contribution is 2.10. The van der Waals surface area contributed by atoms with E-state index in [-0.39, 0.29) is 24.6 Å². The van der Waals surface area contributed by atoms with Gasteiger partial charge in [-0.05, 0) is 12.5 Å². The van der Waals surface area contributed by atoms with E-state index in [1.54, 1.807) is 12.1 Å². The Bertz CT molecular complexity index is 414. The highest BCUT2D eigenvalue weighted by Gasteiger charge is 2.10. The maximum atomic E-state index is 11.8. The molecule has 0 aliphatic heterocycles. The lowest BCUT2D eigenvalue weighted by atomic mass is 10.1. The summed E-state index contributed by atoms with van der Waals surface area (Å²) in [4.78, 5) is 27.1. The van der Waals surface area contributed by atoms with Gasteiger partial charge in [0.05, 0.1) is 20.1 Å². The summed E-state index contributed by atoms with van der Waals surface area (Å²) >= 11 is 0. The molecule has 0 saturated carbocycles. The molecule has 5 heteroatoms. The summed E-state index contributed by atoms with van der Waals surface area (Å²) < 4.78 is 9.88. The van der Waals surface area contributed by atoms with Gasteiger partial charge in [0.25, 0.3) is 0 Å². The maximum Gasteiger partial charge on any atom is 0.306 e. The molecule has 0 N–H and O–H groups in total. The van der Waals surface area contributed by atoms with Gasteiger partial charge in [0.1, 0.15) is 0 Å². The molecule has 1 aromatic rings. The molecule has 0 spiro atoms. The van der Waals surface area contributed by atoms with E-state index in [0.29, 0.717) is 18.1 Å². The first-order valence-electron chi connectivity index (χ1n) is 6.36. The van der Waals surface area contributed by atoms with E-state index >= 15 is 0 Å².